The molecular weight excluding hydrogens is 374 g/mol. The molecule has 1 saturated heterocycles. The molecule has 0 saturated carbocycles. The van der Waals surface area contributed by atoms with Crippen molar-refractivity contribution >= 4 is 43.5 Å². The highest BCUT2D eigenvalue weighted by atomic mass is 79.9. The van der Waals surface area contributed by atoms with E-state index in [1.54, 1.807) is 0 Å². The maximum absolute atomic E-state index is 12.0. The molecule has 0 spiro atoms. The summed E-state index contributed by atoms with van der Waals surface area (Å²) in [5, 5.41) is 2.92. The molecule has 4 nitrogen and oxygen atoms in total. The van der Waals surface area contributed by atoms with Crippen molar-refractivity contribution in [2.45, 2.75) is 6.42 Å². The maximum Gasteiger partial charge on any atom is 0.238 e. The molecule has 0 aliphatic carbocycles. The highest BCUT2D eigenvalue weighted by molar-refractivity contribution is 9.11. The van der Waals surface area contributed by atoms with E-state index < -0.39 is 0 Å². The monoisotopic (exact) mass is 389 g/mol. The van der Waals surface area contributed by atoms with Crippen LogP contribution >= 0.6 is 31.9 Å². The Balaban J connectivity index is 1.87. The van der Waals surface area contributed by atoms with Crippen LogP contribution in [-0.4, -0.2) is 37.0 Å². The number of amides is 1. The molecular formula is C13H17Br2N3O. The number of carbonyl (C=O) groups excluding carboxylic acids is 1. The lowest BCUT2D eigenvalue weighted by molar-refractivity contribution is -0.117. The van der Waals surface area contributed by atoms with Gasteiger partial charge in [0.05, 0.1) is 12.2 Å². The van der Waals surface area contributed by atoms with Crippen LogP contribution in [0.4, 0.5) is 5.69 Å². The Labute approximate surface area is 130 Å². The zero-order valence-corrected chi connectivity index (χ0v) is 13.7. The largest absolute Gasteiger partial charge is 0.330 e. The first-order chi connectivity index (χ1) is 9.08. The number of nitrogens with one attached hydrogen (secondary N) is 1. The van der Waals surface area contributed by atoms with E-state index in [1.165, 1.54) is 0 Å². The fourth-order valence-corrected chi connectivity index (χ4v) is 3.38. The second kappa shape index (κ2) is 6.83. The number of halogens is 2. The van der Waals surface area contributed by atoms with Gasteiger partial charge in [-0.25, -0.2) is 0 Å². The first kappa shape index (κ1) is 15.0. The summed E-state index contributed by atoms with van der Waals surface area (Å²) in [4.78, 5) is 14.1. The minimum absolute atomic E-state index is 0.0145. The molecule has 19 heavy (non-hydrogen) atoms. The molecule has 1 amide bonds. The van der Waals surface area contributed by atoms with Gasteiger partial charge in [0, 0.05) is 15.5 Å². The Morgan fingerprint density at radius 1 is 1.47 bits per heavy atom. The van der Waals surface area contributed by atoms with Crippen LogP contribution in [0.1, 0.15) is 6.42 Å². The molecule has 3 N–H and O–H groups in total. The van der Waals surface area contributed by atoms with Gasteiger partial charge in [0.15, 0.2) is 0 Å². The zero-order chi connectivity index (χ0) is 13.8. The molecule has 1 aliphatic rings. The Morgan fingerprint density at radius 3 is 2.89 bits per heavy atom. The Bertz CT molecular complexity index is 467. The van der Waals surface area contributed by atoms with Crippen LogP contribution in [0.3, 0.4) is 0 Å². The highest BCUT2D eigenvalue weighted by Gasteiger charge is 2.22. The van der Waals surface area contributed by atoms with Crippen LogP contribution in [-0.2, 0) is 4.79 Å². The van der Waals surface area contributed by atoms with Gasteiger partial charge in [0.1, 0.15) is 0 Å². The van der Waals surface area contributed by atoms with Crippen LogP contribution in [0.2, 0.25) is 0 Å². The van der Waals surface area contributed by atoms with Crippen molar-refractivity contribution in [2.24, 2.45) is 11.7 Å². The van der Waals surface area contributed by atoms with E-state index in [0.717, 1.165) is 34.1 Å². The van der Waals surface area contributed by atoms with Crippen LogP contribution < -0.4 is 11.1 Å². The predicted molar refractivity (Wildman–Crippen MR) is 84.1 cm³/mol. The molecule has 1 heterocycles. The van der Waals surface area contributed by atoms with Gasteiger partial charge in [-0.1, -0.05) is 15.9 Å². The van der Waals surface area contributed by atoms with E-state index in [1.807, 2.05) is 18.2 Å². The van der Waals surface area contributed by atoms with E-state index in [2.05, 4.69) is 42.1 Å². The molecule has 1 aromatic carbocycles. The van der Waals surface area contributed by atoms with Gasteiger partial charge >= 0.3 is 0 Å². The summed E-state index contributed by atoms with van der Waals surface area (Å²) in [5.74, 6) is 0.549. The number of hydrogen-bond donors (Lipinski definition) is 2. The summed E-state index contributed by atoms with van der Waals surface area (Å²) >= 11 is 6.82. The molecule has 0 bridgehead atoms. The third kappa shape index (κ3) is 4.27. The molecule has 1 fully saturated rings. The fraction of sp³-hybridized carbons (Fsp3) is 0.462. The number of anilines is 1. The van der Waals surface area contributed by atoms with Gasteiger partial charge in [0.2, 0.25) is 5.91 Å². The van der Waals surface area contributed by atoms with Gasteiger partial charge < -0.3 is 11.1 Å². The number of nitrogens with zero attached hydrogens (tertiary/aromatic N) is 1. The standard InChI is InChI=1S/C13H17Br2N3O/c14-10-1-2-12(11(15)5-10)17-13(19)8-18-4-3-9(6-16)7-18/h1-2,5,9H,3-4,6-8,16H2,(H,17,19). The molecule has 1 atom stereocenters. The SMILES string of the molecule is NCC1CCN(CC(=O)Nc2ccc(Br)cc2Br)C1. The smallest absolute Gasteiger partial charge is 0.238 e. The number of nitrogens with two attached hydrogens (primary N) is 1. The molecule has 2 rings (SSSR count). The lowest BCUT2D eigenvalue weighted by Gasteiger charge is -2.15. The number of likely N-dealkylation sites (tertiary alicyclic amines) is 1. The van der Waals surface area contributed by atoms with Crippen LogP contribution in [0.25, 0.3) is 0 Å². The van der Waals surface area contributed by atoms with Crippen molar-refractivity contribution in [2.75, 3.05) is 31.5 Å². The molecule has 0 aromatic heterocycles. The van der Waals surface area contributed by atoms with Gasteiger partial charge in [-0.15, -0.1) is 0 Å². The molecule has 1 aliphatic heterocycles. The minimum Gasteiger partial charge on any atom is -0.330 e. The molecule has 1 unspecified atom stereocenters. The highest BCUT2D eigenvalue weighted by Crippen LogP contribution is 2.26. The summed E-state index contributed by atoms with van der Waals surface area (Å²) < 4.78 is 1.85. The average molecular weight is 391 g/mol. The molecule has 0 radical (unpaired) electrons. The summed E-state index contributed by atoms with van der Waals surface area (Å²) in [7, 11) is 0. The van der Waals surface area contributed by atoms with Gasteiger partial charge in [-0.05, 0) is 59.6 Å². The molecule has 1 aromatic rings. The molecule has 6 heteroatoms. The number of carbonyl (C=O) groups is 1. The van der Waals surface area contributed by atoms with Crippen molar-refractivity contribution in [3.8, 4) is 0 Å². The third-order valence-electron chi connectivity index (χ3n) is 3.28. The first-order valence-electron chi connectivity index (χ1n) is 6.26. The summed E-state index contributed by atoms with van der Waals surface area (Å²) in [6.45, 7) is 3.01. The Hall–Kier alpha value is -0.430. The zero-order valence-electron chi connectivity index (χ0n) is 10.5. The maximum atomic E-state index is 12.0. The second-order valence-corrected chi connectivity index (χ2v) is 6.57. The van der Waals surface area contributed by atoms with E-state index in [-0.39, 0.29) is 5.91 Å². The third-order valence-corrected chi connectivity index (χ3v) is 4.43. The fourth-order valence-electron chi connectivity index (χ4n) is 2.23. The van der Waals surface area contributed by atoms with Crippen molar-refractivity contribution in [1.82, 2.24) is 4.90 Å². The van der Waals surface area contributed by atoms with Crippen LogP contribution in [0, 0.1) is 5.92 Å². The van der Waals surface area contributed by atoms with E-state index in [0.29, 0.717) is 19.0 Å². The van der Waals surface area contributed by atoms with Gasteiger partial charge in [-0.2, -0.15) is 0 Å². The van der Waals surface area contributed by atoms with Crippen molar-refractivity contribution < 1.29 is 4.79 Å². The lowest BCUT2D eigenvalue weighted by atomic mass is 10.1. The number of hydrogen-bond acceptors (Lipinski definition) is 3. The quantitative estimate of drug-likeness (QED) is 0.829. The van der Waals surface area contributed by atoms with E-state index in [4.69, 9.17) is 5.73 Å². The lowest BCUT2D eigenvalue weighted by Crippen LogP contribution is -2.32. The Kier molecular flexibility index (Phi) is 5.38. The summed E-state index contributed by atoms with van der Waals surface area (Å²) in [5.41, 5.74) is 6.44. The molecule has 104 valence electrons. The van der Waals surface area contributed by atoms with Crippen molar-refractivity contribution in [3.63, 3.8) is 0 Å². The van der Waals surface area contributed by atoms with Gasteiger partial charge in [0.25, 0.3) is 0 Å². The van der Waals surface area contributed by atoms with E-state index in [9.17, 15) is 4.79 Å². The van der Waals surface area contributed by atoms with Crippen molar-refractivity contribution in [1.29, 1.82) is 0 Å². The average Bonchev–Trinajstić information content (AvgIpc) is 2.80. The normalized spacial score (nSPS) is 19.6. The summed E-state index contributed by atoms with van der Waals surface area (Å²) in [6.07, 6.45) is 1.09. The van der Waals surface area contributed by atoms with E-state index >= 15 is 0 Å². The summed E-state index contributed by atoms with van der Waals surface area (Å²) in [6, 6.07) is 5.69. The van der Waals surface area contributed by atoms with Crippen LogP contribution in [0.5, 0.6) is 0 Å². The topological polar surface area (TPSA) is 58.4 Å². The Morgan fingerprint density at radius 2 is 2.26 bits per heavy atom. The predicted octanol–water partition coefficient (Wildman–Crippen LogP) is 2.43. The first-order valence-corrected chi connectivity index (χ1v) is 7.84. The van der Waals surface area contributed by atoms with Crippen LogP contribution in [0.15, 0.2) is 27.1 Å². The van der Waals surface area contributed by atoms with Crippen molar-refractivity contribution in [3.05, 3.63) is 27.1 Å². The second-order valence-electron chi connectivity index (χ2n) is 4.80. The number of benzene rings is 1. The number of rotatable bonds is 4. The minimum atomic E-state index is 0.0145. The van der Waals surface area contributed by atoms with Gasteiger partial charge in [-0.3, -0.25) is 9.69 Å².